The van der Waals surface area contributed by atoms with Crippen LogP contribution in [0, 0.1) is 6.92 Å². The molecule has 1 atom stereocenters. The Morgan fingerprint density at radius 1 is 1.28 bits per heavy atom. The number of carbonyl (C=O) groups excluding carboxylic acids is 1. The van der Waals surface area contributed by atoms with Gasteiger partial charge in [-0.2, -0.15) is 0 Å². The van der Waals surface area contributed by atoms with Gasteiger partial charge in [-0.15, -0.1) is 0 Å². The number of amides is 1. The fourth-order valence-electron chi connectivity index (χ4n) is 2.38. The molecule has 3 rings (SSSR count). The van der Waals surface area contributed by atoms with E-state index >= 15 is 0 Å². The third-order valence-corrected chi connectivity index (χ3v) is 3.74. The Morgan fingerprint density at radius 2 is 2.12 bits per heavy atom. The Bertz CT molecular complexity index is 846. The molecule has 0 bridgehead atoms. The Balaban J connectivity index is 1.60. The van der Waals surface area contributed by atoms with Gasteiger partial charge in [-0.3, -0.25) is 9.36 Å². The van der Waals surface area contributed by atoms with E-state index in [2.05, 4.69) is 15.3 Å². The summed E-state index contributed by atoms with van der Waals surface area (Å²) in [6.07, 6.45) is 6.70. The zero-order valence-corrected chi connectivity index (χ0v) is 14.2. The molecule has 6 nitrogen and oxygen atoms in total. The van der Waals surface area contributed by atoms with E-state index in [9.17, 15) is 4.79 Å². The number of nitrogens with one attached hydrogen (secondary N) is 1. The van der Waals surface area contributed by atoms with Gasteiger partial charge < -0.3 is 10.1 Å². The van der Waals surface area contributed by atoms with Gasteiger partial charge in [-0.1, -0.05) is 18.2 Å². The van der Waals surface area contributed by atoms with Crippen molar-refractivity contribution in [2.45, 2.75) is 19.9 Å². The molecular formula is C19H20N4O2. The molecule has 1 amide bonds. The monoisotopic (exact) mass is 336 g/mol. The zero-order valence-electron chi connectivity index (χ0n) is 14.2. The average molecular weight is 336 g/mol. The van der Waals surface area contributed by atoms with E-state index < -0.39 is 0 Å². The van der Waals surface area contributed by atoms with Gasteiger partial charge >= 0.3 is 0 Å². The van der Waals surface area contributed by atoms with Gasteiger partial charge in [0.1, 0.15) is 24.5 Å². The summed E-state index contributed by atoms with van der Waals surface area (Å²) in [7, 11) is 0. The number of imidazole rings is 1. The Labute approximate surface area is 146 Å². The van der Waals surface area contributed by atoms with Crippen molar-refractivity contribution in [2.75, 3.05) is 6.61 Å². The number of carbonyl (C=O) groups is 1. The average Bonchev–Trinajstić information content (AvgIpc) is 3.16. The summed E-state index contributed by atoms with van der Waals surface area (Å²) in [5.41, 5.74) is 1.61. The zero-order chi connectivity index (χ0) is 17.6. The van der Waals surface area contributed by atoms with E-state index in [1.165, 1.54) is 0 Å². The molecule has 0 radical (unpaired) electrons. The highest BCUT2D eigenvalue weighted by Crippen LogP contribution is 2.16. The highest BCUT2D eigenvalue weighted by atomic mass is 16.5. The molecule has 3 aromatic rings. The maximum absolute atomic E-state index is 12.4. The molecule has 1 unspecified atom stereocenters. The molecule has 0 saturated heterocycles. The third kappa shape index (κ3) is 4.23. The molecule has 25 heavy (non-hydrogen) atoms. The predicted octanol–water partition coefficient (Wildman–Crippen LogP) is 2.77. The second-order valence-corrected chi connectivity index (χ2v) is 5.82. The molecule has 128 valence electrons. The van der Waals surface area contributed by atoms with Crippen LogP contribution < -0.4 is 10.1 Å². The normalized spacial score (nSPS) is 11.8. The lowest BCUT2D eigenvalue weighted by molar-refractivity contribution is 0.0926. The maximum Gasteiger partial charge on any atom is 0.251 e. The van der Waals surface area contributed by atoms with E-state index in [0.29, 0.717) is 18.0 Å². The summed E-state index contributed by atoms with van der Waals surface area (Å²) in [4.78, 5) is 20.7. The number of ether oxygens (including phenoxy) is 1. The van der Waals surface area contributed by atoms with Crippen molar-refractivity contribution < 1.29 is 9.53 Å². The summed E-state index contributed by atoms with van der Waals surface area (Å²) in [6, 6.07) is 11.1. The number of aryl methyl sites for hydroxylation is 1. The first kappa shape index (κ1) is 16.7. The van der Waals surface area contributed by atoms with Crippen LogP contribution in [0.2, 0.25) is 0 Å². The van der Waals surface area contributed by atoms with Crippen molar-refractivity contribution in [3.8, 4) is 11.6 Å². The van der Waals surface area contributed by atoms with Crippen molar-refractivity contribution in [1.29, 1.82) is 0 Å². The van der Waals surface area contributed by atoms with Crippen LogP contribution >= 0.6 is 0 Å². The fraction of sp³-hybridized carbons (Fsp3) is 0.211. The van der Waals surface area contributed by atoms with Crippen molar-refractivity contribution in [3.05, 3.63) is 72.4 Å². The maximum atomic E-state index is 12.4. The second kappa shape index (κ2) is 7.61. The van der Waals surface area contributed by atoms with Gasteiger partial charge in [0.2, 0.25) is 0 Å². The van der Waals surface area contributed by atoms with Gasteiger partial charge in [-0.25, -0.2) is 9.97 Å². The second-order valence-electron chi connectivity index (χ2n) is 5.82. The Kier molecular flexibility index (Phi) is 5.09. The summed E-state index contributed by atoms with van der Waals surface area (Å²) < 4.78 is 7.53. The molecule has 0 fully saturated rings. The number of hydrogen-bond acceptors (Lipinski definition) is 4. The quantitative estimate of drug-likeness (QED) is 0.751. The van der Waals surface area contributed by atoms with Gasteiger partial charge in [0, 0.05) is 24.2 Å². The number of pyridine rings is 1. The van der Waals surface area contributed by atoms with Crippen LogP contribution in [0.5, 0.6) is 5.75 Å². The number of para-hydroxylation sites is 1. The minimum absolute atomic E-state index is 0.128. The minimum Gasteiger partial charge on any atom is -0.491 e. The first-order valence-corrected chi connectivity index (χ1v) is 8.07. The predicted molar refractivity (Wildman–Crippen MR) is 95.0 cm³/mol. The molecule has 0 aliphatic carbocycles. The first-order valence-electron chi connectivity index (χ1n) is 8.07. The van der Waals surface area contributed by atoms with Crippen LogP contribution in [0.15, 0.2) is 61.3 Å². The Hall–Kier alpha value is -3.15. The van der Waals surface area contributed by atoms with Gasteiger partial charge in [0.05, 0.1) is 6.04 Å². The lowest BCUT2D eigenvalue weighted by Crippen LogP contribution is -2.36. The third-order valence-electron chi connectivity index (χ3n) is 3.74. The molecule has 0 saturated carbocycles. The van der Waals surface area contributed by atoms with Gasteiger partial charge in [0.15, 0.2) is 0 Å². The van der Waals surface area contributed by atoms with E-state index in [4.69, 9.17) is 4.74 Å². The molecule has 1 aromatic carbocycles. The smallest absolute Gasteiger partial charge is 0.251 e. The van der Waals surface area contributed by atoms with Crippen LogP contribution in [0.1, 0.15) is 22.8 Å². The fourth-order valence-corrected chi connectivity index (χ4v) is 2.38. The van der Waals surface area contributed by atoms with Gasteiger partial charge in [0.25, 0.3) is 5.91 Å². The molecule has 0 aliphatic rings. The number of rotatable bonds is 6. The summed E-state index contributed by atoms with van der Waals surface area (Å²) in [5, 5.41) is 2.94. The van der Waals surface area contributed by atoms with E-state index in [-0.39, 0.29) is 11.9 Å². The minimum atomic E-state index is -0.162. The van der Waals surface area contributed by atoms with Crippen LogP contribution in [0.4, 0.5) is 0 Å². The van der Waals surface area contributed by atoms with Crippen molar-refractivity contribution in [2.24, 2.45) is 0 Å². The number of benzene rings is 1. The van der Waals surface area contributed by atoms with Crippen LogP contribution in [0.3, 0.4) is 0 Å². The first-order chi connectivity index (χ1) is 12.1. The lowest BCUT2D eigenvalue weighted by atomic mass is 10.2. The highest BCUT2D eigenvalue weighted by molar-refractivity contribution is 5.94. The molecule has 2 aromatic heterocycles. The summed E-state index contributed by atoms with van der Waals surface area (Å²) in [5.74, 6) is 1.31. The van der Waals surface area contributed by atoms with Gasteiger partial charge in [-0.05, 0) is 37.6 Å². The van der Waals surface area contributed by atoms with Crippen molar-refractivity contribution in [3.63, 3.8) is 0 Å². The summed E-state index contributed by atoms with van der Waals surface area (Å²) >= 11 is 0. The molecule has 0 aliphatic heterocycles. The van der Waals surface area contributed by atoms with E-state index in [1.807, 2.05) is 38.1 Å². The topological polar surface area (TPSA) is 69.0 Å². The molecule has 0 spiro atoms. The highest BCUT2D eigenvalue weighted by Gasteiger charge is 2.12. The van der Waals surface area contributed by atoms with Crippen LogP contribution in [0.25, 0.3) is 5.82 Å². The number of nitrogens with zero attached hydrogens (tertiary/aromatic N) is 3. The molecule has 2 heterocycles. The van der Waals surface area contributed by atoms with Crippen LogP contribution in [-0.2, 0) is 0 Å². The number of hydrogen-bond donors (Lipinski definition) is 1. The van der Waals surface area contributed by atoms with Crippen molar-refractivity contribution >= 4 is 5.91 Å². The Morgan fingerprint density at radius 3 is 2.88 bits per heavy atom. The van der Waals surface area contributed by atoms with E-state index in [1.54, 1.807) is 41.6 Å². The van der Waals surface area contributed by atoms with Crippen molar-refractivity contribution in [1.82, 2.24) is 19.9 Å². The lowest BCUT2D eigenvalue weighted by Gasteiger charge is -2.16. The standard InChI is InChI=1S/C19H20N4O2/c1-14-5-3-4-6-17(14)25-12-15(2)22-19(24)16-7-8-21-18(11-16)23-10-9-20-13-23/h3-11,13,15H,12H2,1-2H3,(H,22,24). The SMILES string of the molecule is Cc1ccccc1OCC(C)NC(=O)c1ccnc(-n2ccnc2)c1. The molecular weight excluding hydrogens is 316 g/mol. The summed E-state index contributed by atoms with van der Waals surface area (Å²) in [6.45, 7) is 4.30. The molecule has 1 N–H and O–H groups in total. The van der Waals surface area contributed by atoms with Crippen LogP contribution in [-0.4, -0.2) is 33.1 Å². The number of aromatic nitrogens is 3. The van der Waals surface area contributed by atoms with E-state index in [0.717, 1.165) is 11.3 Å². The largest absolute Gasteiger partial charge is 0.491 e. The molecule has 6 heteroatoms.